The zero-order valence-corrected chi connectivity index (χ0v) is 16.5. The number of amides is 1. The van der Waals surface area contributed by atoms with Crippen molar-refractivity contribution in [1.82, 2.24) is 4.90 Å². The molecule has 2 aromatic rings. The van der Waals surface area contributed by atoms with Crippen molar-refractivity contribution in [2.45, 2.75) is 58.5 Å². The van der Waals surface area contributed by atoms with E-state index in [4.69, 9.17) is 4.42 Å². The highest BCUT2D eigenvalue weighted by Crippen LogP contribution is 2.60. The van der Waals surface area contributed by atoms with E-state index >= 15 is 0 Å². The Morgan fingerprint density at radius 2 is 1.61 bits per heavy atom. The first-order chi connectivity index (χ1) is 13.5. The highest BCUT2D eigenvalue weighted by atomic mass is 19.1. The summed E-state index contributed by atoms with van der Waals surface area (Å²) in [6.07, 6.45) is 7.12. The standard InChI is InChI=1S/C24H28FNO2/c1-16-2-7-22(28-16)15-26(14-17-3-5-21(25)6-4-17)23(27)24-11-18-8-19(12-24)10-20(9-18)13-24/h2-7,18-20H,8-15H2,1H3. The summed E-state index contributed by atoms with van der Waals surface area (Å²) in [5.74, 6) is 3.90. The van der Waals surface area contributed by atoms with Gasteiger partial charge in [0.1, 0.15) is 17.3 Å². The van der Waals surface area contributed by atoms with Crippen LogP contribution in [0.15, 0.2) is 40.8 Å². The predicted octanol–water partition coefficient (Wildman–Crippen LogP) is 5.47. The Kier molecular flexibility index (Phi) is 4.33. The minimum absolute atomic E-state index is 0.184. The van der Waals surface area contributed by atoms with Crippen molar-refractivity contribution in [3.05, 3.63) is 59.3 Å². The first-order valence-electron chi connectivity index (χ1n) is 10.6. The molecular weight excluding hydrogens is 353 g/mol. The number of carbonyl (C=O) groups is 1. The topological polar surface area (TPSA) is 33.5 Å². The van der Waals surface area contributed by atoms with Gasteiger partial charge in [-0.3, -0.25) is 4.79 Å². The minimum atomic E-state index is -0.246. The van der Waals surface area contributed by atoms with Gasteiger partial charge in [-0.15, -0.1) is 0 Å². The molecule has 4 saturated carbocycles. The van der Waals surface area contributed by atoms with Crippen molar-refractivity contribution in [3.8, 4) is 0 Å². The first-order valence-corrected chi connectivity index (χ1v) is 10.6. The van der Waals surface area contributed by atoms with Gasteiger partial charge in [0.15, 0.2) is 0 Å². The van der Waals surface area contributed by atoms with Crippen LogP contribution in [-0.2, 0) is 17.9 Å². The fourth-order valence-electron chi connectivity index (χ4n) is 6.48. The molecule has 1 aromatic carbocycles. The number of aryl methyl sites for hydroxylation is 1. The first kappa shape index (κ1) is 18.0. The van der Waals surface area contributed by atoms with Crippen LogP contribution in [-0.4, -0.2) is 10.8 Å². The SMILES string of the molecule is Cc1ccc(CN(Cc2ccc(F)cc2)C(=O)C23CC4CC(CC(C4)C2)C3)o1. The van der Waals surface area contributed by atoms with E-state index in [1.54, 1.807) is 12.1 Å². The summed E-state index contributed by atoms with van der Waals surface area (Å²) >= 11 is 0. The van der Waals surface area contributed by atoms with Gasteiger partial charge in [0, 0.05) is 6.54 Å². The van der Waals surface area contributed by atoms with Crippen molar-refractivity contribution in [3.63, 3.8) is 0 Å². The van der Waals surface area contributed by atoms with Crippen molar-refractivity contribution in [2.75, 3.05) is 0 Å². The van der Waals surface area contributed by atoms with Crippen LogP contribution in [0.1, 0.15) is 55.6 Å². The summed E-state index contributed by atoms with van der Waals surface area (Å²) in [6.45, 7) is 2.90. The van der Waals surface area contributed by atoms with Gasteiger partial charge < -0.3 is 9.32 Å². The van der Waals surface area contributed by atoms with Crippen LogP contribution in [0, 0.1) is 35.9 Å². The lowest BCUT2D eigenvalue weighted by Gasteiger charge is -2.56. The number of hydrogen-bond donors (Lipinski definition) is 0. The van der Waals surface area contributed by atoms with Gasteiger partial charge in [0.05, 0.1) is 12.0 Å². The van der Waals surface area contributed by atoms with E-state index in [0.29, 0.717) is 13.1 Å². The molecule has 0 radical (unpaired) electrons. The molecule has 28 heavy (non-hydrogen) atoms. The third-order valence-electron chi connectivity index (χ3n) is 7.21. The summed E-state index contributed by atoms with van der Waals surface area (Å²) < 4.78 is 19.1. The summed E-state index contributed by atoms with van der Waals surface area (Å²) in [6, 6.07) is 10.4. The maximum Gasteiger partial charge on any atom is 0.229 e. The molecule has 148 valence electrons. The van der Waals surface area contributed by atoms with Crippen LogP contribution in [0.3, 0.4) is 0 Å². The number of benzene rings is 1. The highest BCUT2D eigenvalue weighted by molar-refractivity contribution is 5.83. The Hall–Kier alpha value is -2.10. The second-order valence-corrected chi connectivity index (χ2v) is 9.50. The number of hydrogen-bond acceptors (Lipinski definition) is 2. The van der Waals surface area contributed by atoms with E-state index in [1.807, 2.05) is 24.0 Å². The van der Waals surface area contributed by atoms with E-state index in [9.17, 15) is 9.18 Å². The largest absolute Gasteiger partial charge is 0.464 e. The maximum atomic E-state index is 13.9. The Labute approximate surface area is 165 Å². The number of rotatable bonds is 5. The summed E-state index contributed by atoms with van der Waals surface area (Å²) in [5, 5.41) is 0. The molecule has 4 bridgehead atoms. The third kappa shape index (κ3) is 3.27. The smallest absolute Gasteiger partial charge is 0.229 e. The van der Waals surface area contributed by atoms with Gasteiger partial charge in [0.2, 0.25) is 5.91 Å². The fourth-order valence-corrected chi connectivity index (χ4v) is 6.48. The number of carbonyl (C=O) groups excluding carboxylic acids is 1. The fraction of sp³-hybridized carbons (Fsp3) is 0.542. The molecule has 1 aromatic heterocycles. The number of nitrogens with zero attached hydrogens (tertiary/aromatic N) is 1. The van der Waals surface area contributed by atoms with Crippen LogP contribution in [0.25, 0.3) is 0 Å². The Morgan fingerprint density at radius 3 is 2.14 bits per heavy atom. The van der Waals surface area contributed by atoms with E-state index in [-0.39, 0.29) is 17.1 Å². The number of halogens is 1. The summed E-state index contributed by atoms with van der Waals surface area (Å²) in [7, 11) is 0. The van der Waals surface area contributed by atoms with Crippen molar-refractivity contribution >= 4 is 5.91 Å². The zero-order chi connectivity index (χ0) is 19.3. The van der Waals surface area contributed by atoms with E-state index in [1.165, 1.54) is 31.4 Å². The summed E-state index contributed by atoms with van der Waals surface area (Å²) in [4.78, 5) is 15.8. The predicted molar refractivity (Wildman–Crippen MR) is 105 cm³/mol. The summed E-state index contributed by atoms with van der Waals surface area (Å²) in [5.41, 5.74) is 0.777. The lowest BCUT2D eigenvalue weighted by molar-refractivity contribution is -0.159. The molecule has 0 aliphatic heterocycles. The molecule has 4 heteroatoms. The van der Waals surface area contributed by atoms with Crippen LogP contribution >= 0.6 is 0 Å². The molecule has 4 aliphatic rings. The van der Waals surface area contributed by atoms with Crippen molar-refractivity contribution in [1.29, 1.82) is 0 Å². The van der Waals surface area contributed by atoms with Gasteiger partial charge in [-0.2, -0.15) is 0 Å². The second-order valence-electron chi connectivity index (χ2n) is 9.50. The molecule has 3 nitrogen and oxygen atoms in total. The quantitative estimate of drug-likeness (QED) is 0.688. The molecule has 0 atom stereocenters. The maximum absolute atomic E-state index is 13.9. The van der Waals surface area contributed by atoms with E-state index in [2.05, 4.69) is 0 Å². The molecule has 0 saturated heterocycles. The van der Waals surface area contributed by atoms with Gasteiger partial charge in [-0.1, -0.05) is 12.1 Å². The third-order valence-corrected chi connectivity index (χ3v) is 7.21. The van der Waals surface area contributed by atoms with Gasteiger partial charge in [-0.05, 0) is 93.0 Å². The zero-order valence-electron chi connectivity index (χ0n) is 16.5. The monoisotopic (exact) mass is 381 g/mol. The normalized spacial score (nSPS) is 30.6. The average molecular weight is 381 g/mol. The molecule has 4 fully saturated rings. The van der Waals surface area contributed by atoms with Crippen LogP contribution < -0.4 is 0 Å². The van der Waals surface area contributed by atoms with Crippen LogP contribution in [0.2, 0.25) is 0 Å². The van der Waals surface area contributed by atoms with Gasteiger partial charge in [0.25, 0.3) is 0 Å². The lowest BCUT2D eigenvalue weighted by Crippen LogP contribution is -2.54. The van der Waals surface area contributed by atoms with Crippen molar-refractivity contribution in [2.24, 2.45) is 23.2 Å². The van der Waals surface area contributed by atoms with Gasteiger partial charge >= 0.3 is 0 Å². The molecule has 0 unspecified atom stereocenters. The van der Waals surface area contributed by atoms with Gasteiger partial charge in [-0.25, -0.2) is 4.39 Å². The van der Waals surface area contributed by atoms with Crippen LogP contribution in [0.4, 0.5) is 4.39 Å². The molecule has 6 rings (SSSR count). The molecule has 1 amide bonds. The van der Waals surface area contributed by atoms with E-state index < -0.39 is 0 Å². The molecule has 4 aliphatic carbocycles. The lowest BCUT2D eigenvalue weighted by atomic mass is 9.49. The van der Waals surface area contributed by atoms with Crippen molar-refractivity contribution < 1.29 is 13.6 Å². The Balaban J connectivity index is 1.43. The average Bonchev–Trinajstić information content (AvgIpc) is 3.06. The Morgan fingerprint density at radius 1 is 1.00 bits per heavy atom. The molecular formula is C24H28FNO2. The highest BCUT2D eigenvalue weighted by Gasteiger charge is 2.55. The van der Waals surface area contributed by atoms with Crippen LogP contribution in [0.5, 0.6) is 0 Å². The molecule has 0 N–H and O–H groups in total. The van der Waals surface area contributed by atoms with E-state index in [0.717, 1.165) is 54.1 Å². The molecule has 1 heterocycles. The second kappa shape index (κ2) is 6.75. The molecule has 0 spiro atoms. The minimum Gasteiger partial charge on any atom is -0.464 e. The number of furan rings is 1. The Bertz CT molecular complexity index is 834.